The van der Waals surface area contributed by atoms with Gasteiger partial charge in [-0.05, 0) is 29.3 Å². The molecule has 25 heavy (non-hydrogen) atoms. The monoisotopic (exact) mass is 340 g/mol. The normalized spacial score (nSPS) is 18.9. The third-order valence-corrected chi connectivity index (χ3v) is 4.11. The standard InChI is InChI=1S/C19H20N2O4/c22-16-12-13-4-1-2-6-15(13)19(16)21-18(24)9-10-20-17(23)8-7-14-5-3-11-25-14/h1-8,11,16,19,22H,9-10,12H2,(H,20,23)(H,21,24)/b8-7+. The van der Waals surface area contributed by atoms with Gasteiger partial charge in [0, 0.05) is 25.5 Å². The molecule has 0 saturated heterocycles. The first-order chi connectivity index (χ1) is 12.1. The topological polar surface area (TPSA) is 91.6 Å². The van der Waals surface area contributed by atoms with E-state index >= 15 is 0 Å². The van der Waals surface area contributed by atoms with Crippen molar-refractivity contribution in [3.8, 4) is 0 Å². The largest absolute Gasteiger partial charge is 0.465 e. The Morgan fingerprint density at radius 2 is 2.08 bits per heavy atom. The van der Waals surface area contributed by atoms with Crippen molar-refractivity contribution in [2.45, 2.75) is 25.0 Å². The molecule has 1 aromatic carbocycles. The van der Waals surface area contributed by atoms with Crippen LogP contribution < -0.4 is 10.6 Å². The van der Waals surface area contributed by atoms with Gasteiger partial charge in [-0.3, -0.25) is 9.59 Å². The molecule has 2 unspecified atom stereocenters. The van der Waals surface area contributed by atoms with Gasteiger partial charge in [-0.15, -0.1) is 0 Å². The zero-order valence-corrected chi connectivity index (χ0v) is 13.6. The van der Waals surface area contributed by atoms with E-state index in [1.165, 1.54) is 12.3 Å². The molecule has 0 bridgehead atoms. The van der Waals surface area contributed by atoms with Crippen LogP contribution in [-0.2, 0) is 16.0 Å². The molecule has 0 fully saturated rings. The molecule has 2 atom stereocenters. The number of carbonyl (C=O) groups excluding carboxylic acids is 2. The van der Waals surface area contributed by atoms with Crippen molar-refractivity contribution in [2.75, 3.05) is 6.54 Å². The molecule has 3 rings (SSSR count). The van der Waals surface area contributed by atoms with Gasteiger partial charge in [-0.1, -0.05) is 24.3 Å². The van der Waals surface area contributed by atoms with Crippen molar-refractivity contribution in [3.63, 3.8) is 0 Å². The summed E-state index contributed by atoms with van der Waals surface area (Å²) in [5.74, 6) is 0.0771. The number of rotatable bonds is 6. The lowest BCUT2D eigenvalue weighted by Crippen LogP contribution is -2.36. The Kier molecular flexibility index (Phi) is 5.30. The second-order valence-corrected chi connectivity index (χ2v) is 5.91. The lowest BCUT2D eigenvalue weighted by Gasteiger charge is -2.18. The summed E-state index contributed by atoms with van der Waals surface area (Å²) in [5.41, 5.74) is 2.01. The van der Waals surface area contributed by atoms with Crippen LogP contribution in [0.1, 0.15) is 29.3 Å². The Morgan fingerprint density at radius 3 is 2.88 bits per heavy atom. The maximum Gasteiger partial charge on any atom is 0.244 e. The highest BCUT2D eigenvalue weighted by molar-refractivity contribution is 5.91. The molecule has 1 aliphatic carbocycles. The maximum absolute atomic E-state index is 12.1. The highest BCUT2D eigenvalue weighted by atomic mass is 16.3. The zero-order valence-electron chi connectivity index (χ0n) is 13.6. The molecular formula is C19H20N2O4. The second-order valence-electron chi connectivity index (χ2n) is 5.91. The number of hydrogen-bond acceptors (Lipinski definition) is 4. The number of furan rings is 1. The van der Waals surface area contributed by atoms with E-state index in [9.17, 15) is 14.7 Å². The first-order valence-electron chi connectivity index (χ1n) is 8.18. The van der Waals surface area contributed by atoms with Crippen molar-refractivity contribution >= 4 is 17.9 Å². The fourth-order valence-corrected chi connectivity index (χ4v) is 2.90. The third-order valence-electron chi connectivity index (χ3n) is 4.11. The first-order valence-corrected chi connectivity index (χ1v) is 8.18. The molecule has 1 heterocycles. The number of carbonyl (C=O) groups is 2. The van der Waals surface area contributed by atoms with Crippen LogP contribution in [0.5, 0.6) is 0 Å². The Bertz CT molecular complexity index is 767. The minimum atomic E-state index is -0.618. The van der Waals surface area contributed by atoms with Crippen molar-refractivity contribution in [1.29, 1.82) is 0 Å². The number of amides is 2. The molecule has 130 valence electrons. The molecule has 1 aliphatic rings. The van der Waals surface area contributed by atoms with E-state index in [0.29, 0.717) is 12.2 Å². The van der Waals surface area contributed by atoms with Crippen LogP contribution in [0, 0.1) is 0 Å². The summed E-state index contributed by atoms with van der Waals surface area (Å²) in [6, 6.07) is 10.8. The first kappa shape index (κ1) is 17.0. The summed E-state index contributed by atoms with van der Waals surface area (Å²) in [6.07, 6.45) is 4.50. The smallest absolute Gasteiger partial charge is 0.244 e. The van der Waals surface area contributed by atoms with E-state index in [1.54, 1.807) is 18.2 Å². The van der Waals surface area contributed by atoms with Gasteiger partial charge in [0.05, 0.1) is 18.4 Å². The number of nitrogens with one attached hydrogen (secondary N) is 2. The zero-order chi connectivity index (χ0) is 17.6. The molecule has 2 amide bonds. The molecule has 3 N–H and O–H groups in total. The van der Waals surface area contributed by atoms with E-state index in [0.717, 1.165) is 11.1 Å². The van der Waals surface area contributed by atoms with Crippen LogP contribution in [-0.4, -0.2) is 29.6 Å². The van der Waals surface area contributed by atoms with Gasteiger partial charge in [0.15, 0.2) is 0 Å². The van der Waals surface area contributed by atoms with Crippen LogP contribution in [0.15, 0.2) is 53.2 Å². The average Bonchev–Trinajstić information content (AvgIpc) is 3.22. The van der Waals surface area contributed by atoms with E-state index in [-0.39, 0.29) is 24.8 Å². The van der Waals surface area contributed by atoms with Crippen molar-refractivity contribution in [1.82, 2.24) is 10.6 Å². The van der Waals surface area contributed by atoms with Gasteiger partial charge in [0.2, 0.25) is 11.8 Å². The Labute approximate surface area is 145 Å². The highest BCUT2D eigenvalue weighted by Crippen LogP contribution is 2.31. The minimum Gasteiger partial charge on any atom is -0.465 e. The molecule has 0 radical (unpaired) electrons. The van der Waals surface area contributed by atoms with E-state index in [1.807, 2.05) is 24.3 Å². The fraction of sp³-hybridized carbons (Fsp3) is 0.263. The number of hydrogen-bond donors (Lipinski definition) is 3. The summed E-state index contributed by atoms with van der Waals surface area (Å²) in [6.45, 7) is 0.220. The molecule has 0 aliphatic heterocycles. The molecule has 6 nitrogen and oxygen atoms in total. The summed E-state index contributed by atoms with van der Waals surface area (Å²) >= 11 is 0. The van der Waals surface area contributed by atoms with Crippen LogP contribution in [0.4, 0.5) is 0 Å². The summed E-state index contributed by atoms with van der Waals surface area (Å²) in [7, 11) is 0. The third kappa shape index (κ3) is 4.36. The summed E-state index contributed by atoms with van der Waals surface area (Å²) in [4.78, 5) is 23.7. The van der Waals surface area contributed by atoms with Gasteiger partial charge >= 0.3 is 0 Å². The van der Waals surface area contributed by atoms with Crippen molar-refractivity contribution in [3.05, 3.63) is 65.6 Å². The van der Waals surface area contributed by atoms with Gasteiger partial charge < -0.3 is 20.2 Å². The molecule has 1 aromatic heterocycles. The van der Waals surface area contributed by atoms with Gasteiger partial charge in [0.25, 0.3) is 0 Å². The van der Waals surface area contributed by atoms with Crippen LogP contribution in [0.25, 0.3) is 6.08 Å². The summed E-state index contributed by atoms with van der Waals surface area (Å²) < 4.78 is 5.09. The average molecular weight is 340 g/mol. The lowest BCUT2D eigenvalue weighted by atomic mass is 10.1. The molecular weight excluding hydrogens is 320 g/mol. The Balaban J connectivity index is 1.43. The van der Waals surface area contributed by atoms with Crippen molar-refractivity contribution < 1.29 is 19.1 Å². The molecule has 0 spiro atoms. The Hall–Kier alpha value is -2.86. The predicted octanol–water partition coefficient (Wildman–Crippen LogP) is 1.57. The SMILES string of the molecule is O=C(/C=C/c1ccco1)NCCC(=O)NC1c2ccccc2CC1O. The van der Waals surface area contributed by atoms with Gasteiger partial charge in [-0.2, -0.15) is 0 Å². The highest BCUT2D eigenvalue weighted by Gasteiger charge is 2.31. The number of aliphatic hydroxyl groups is 1. The van der Waals surface area contributed by atoms with Crippen LogP contribution in [0.3, 0.4) is 0 Å². The molecule has 6 heteroatoms. The number of benzene rings is 1. The minimum absolute atomic E-state index is 0.145. The molecule has 2 aromatic rings. The predicted molar refractivity (Wildman–Crippen MR) is 92.4 cm³/mol. The van der Waals surface area contributed by atoms with E-state index in [4.69, 9.17) is 4.42 Å². The maximum atomic E-state index is 12.1. The number of aliphatic hydroxyl groups excluding tert-OH is 1. The van der Waals surface area contributed by atoms with Crippen molar-refractivity contribution in [2.24, 2.45) is 0 Å². The van der Waals surface area contributed by atoms with E-state index < -0.39 is 12.1 Å². The van der Waals surface area contributed by atoms with E-state index in [2.05, 4.69) is 10.6 Å². The lowest BCUT2D eigenvalue weighted by molar-refractivity contribution is -0.122. The Morgan fingerprint density at radius 1 is 1.24 bits per heavy atom. The summed E-state index contributed by atoms with van der Waals surface area (Å²) in [5, 5.41) is 15.6. The quantitative estimate of drug-likeness (QED) is 0.696. The van der Waals surface area contributed by atoms with Gasteiger partial charge in [-0.25, -0.2) is 0 Å². The van der Waals surface area contributed by atoms with Crippen LogP contribution >= 0.6 is 0 Å². The van der Waals surface area contributed by atoms with Gasteiger partial charge in [0.1, 0.15) is 5.76 Å². The molecule has 0 saturated carbocycles. The second kappa shape index (κ2) is 7.81. The van der Waals surface area contributed by atoms with Crippen LogP contribution in [0.2, 0.25) is 0 Å². The number of fused-ring (bicyclic) bond motifs is 1. The fourth-order valence-electron chi connectivity index (χ4n) is 2.90.